The average Bonchev–Trinajstić information content (AvgIpc) is 2.96. The fraction of sp³-hybridized carbons (Fsp3) is 0.0833. The summed E-state index contributed by atoms with van der Waals surface area (Å²) in [5.41, 5.74) is 8.61. The number of pyridine rings is 1. The fourth-order valence-corrected chi connectivity index (χ4v) is 6.15. The first-order valence-corrected chi connectivity index (χ1v) is 13.0. The maximum atomic E-state index is 4.80. The molecule has 5 aromatic rings. The Morgan fingerprint density at radius 1 is 0.568 bits per heavy atom. The van der Waals surface area contributed by atoms with E-state index < -0.39 is 0 Å². The molecule has 1 aromatic heterocycles. The van der Waals surface area contributed by atoms with Crippen molar-refractivity contribution in [2.24, 2.45) is 11.8 Å². The molecular weight excluding hydrogens is 446 g/mol. The minimum absolute atomic E-state index is 0.259. The third-order valence-corrected chi connectivity index (χ3v) is 7.75. The van der Waals surface area contributed by atoms with E-state index in [4.69, 9.17) is 4.98 Å². The van der Waals surface area contributed by atoms with Crippen molar-refractivity contribution in [3.63, 3.8) is 0 Å². The number of rotatable bonds is 3. The van der Waals surface area contributed by atoms with Crippen LogP contribution in [0.15, 0.2) is 133 Å². The van der Waals surface area contributed by atoms with Gasteiger partial charge in [0.25, 0.3) is 0 Å². The van der Waals surface area contributed by atoms with E-state index in [0.29, 0.717) is 0 Å². The molecule has 1 heteroatoms. The summed E-state index contributed by atoms with van der Waals surface area (Å²) in [7, 11) is 0. The van der Waals surface area contributed by atoms with E-state index in [2.05, 4.69) is 127 Å². The van der Waals surface area contributed by atoms with E-state index in [1.54, 1.807) is 0 Å². The van der Waals surface area contributed by atoms with Crippen molar-refractivity contribution in [2.45, 2.75) is 6.92 Å². The third kappa shape index (κ3) is 3.67. The number of nitrogens with zero attached hydrogens (tertiary/aromatic N) is 1. The van der Waals surface area contributed by atoms with Crippen molar-refractivity contribution >= 4 is 21.9 Å². The van der Waals surface area contributed by atoms with Crippen LogP contribution in [0.1, 0.15) is 16.8 Å². The van der Waals surface area contributed by atoms with Gasteiger partial charge in [0.15, 0.2) is 0 Å². The Morgan fingerprint density at radius 3 is 2.05 bits per heavy atom. The molecule has 1 nitrogen and oxygen atoms in total. The number of fused-ring (bicyclic) bond motifs is 3. The van der Waals surface area contributed by atoms with Crippen LogP contribution < -0.4 is 10.4 Å². The van der Waals surface area contributed by atoms with Crippen LogP contribution >= 0.6 is 0 Å². The zero-order valence-electron chi connectivity index (χ0n) is 20.8. The summed E-state index contributed by atoms with van der Waals surface area (Å²) in [6.45, 7) is 2.05. The molecule has 1 heterocycles. The smallest absolute Gasteiger partial charge is 0.0705 e. The molecule has 0 fully saturated rings. The molecule has 0 aliphatic heterocycles. The molecule has 0 saturated heterocycles. The van der Waals surface area contributed by atoms with Gasteiger partial charge in [-0.05, 0) is 68.6 Å². The Bertz CT molecular complexity index is 1850. The van der Waals surface area contributed by atoms with Crippen molar-refractivity contribution in [1.82, 2.24) is 4.98 Å². The Balaban J connectivity index is 1.55. The van der Waals surface area contributed by atoms with Crippen LogP contribution in [-0.2, 0) is 0 Å². The number of aryl methyl sites for hydroxylation is 1. The van der Waals surface area contributed by atoms with Gasteiger partial charge in [-0.3, -0.25) is 4.98 Å². The molecule has 4 aromatic carbocycles. The molecule has 37 heavy (non-hydrogen) atoms. The quantitative estimate of drug-likeness (QED) is 0.275. The summed E-state index contributed by atoms with van der Waals surface area (Å²) >= 11 is 0. The van der Waals surface area contributed by atoms with Gasteiger partial charge in [0.05, 0.1) is 5.69 Å². The minimum atomic E-state index is 0.259. The van der Waals surface area contributed by atoms with Gasteiger partial charge < -0.3 is 0 Å². The highest BCUT2D eigenvalue weighted by atomic mass is 14.7. The van der Waals surface area contributed by atoms with Crippen LogP contribution in [0.4, 0.5) is 0 Å². The topological polar surface area (TPSA) is 12.9 Å². The van der Waals surface area contributed by atoms with Gasteiger partial charge >= 0.3 is 0 Å². The highest BCUT2D eigenvalue weighted by molar-refractivity contribution is 5.96. The monoisotopic (exact) mass is 473 g/mol. The van der Waals surface area contributed by atoms with Crippen LogP contribution in [-0.4, -0.2) is 4.98 Å². The summed E-state index contributed by atoms with van der Waals surface area (Å²) in [4.78, 5) is 4.80. The Labute approximate surface area is 217 Å². The van der Waals surface area contributed by atoms with E-state index in [9.17, 15) is 0 Å². The normalized spacial score (nSPS) is 18.1. The second kappa shape index (κ2) is 8.87. The third-order valence-electron chi connectivity index (χ3n) is 7.75. The Morgan fingerprint density at radius 2 is 1.22 bits per heavy atom. The fourth-order valence-electron chi connectivity index (χ4n) is 6.15. The Hall–Kier alpha value is -4.49. The van der Waals surface area contributed by atoms with Gasteiger partial charge in [0, 0.05) is 23.1 Å². The Kier molecular flexibility index (Phi) is 5.22. The molecule has 176 valence electrons. The number of hydrogen-bond donors (Lipinski definition) is 0. The standard InChI is InChI=1S/C36H27N/c1-24-11-8-22-34(37-24)26-14-9-15-27(23-26)35-30-17-4-6-19-32(30)36(33-20-7-5-18-31(33)35)29-21-10-13-25-12-2-3-16-28(25)29/h2-23,30,32H,1H3. The predicted octanol–water partition coefficient (Wildman–Crippen LogP) is 6.98. The molecule has 2 aliphatic carbocycles. The van der Waals surface area contributed by atoms with Gasteiger partial charge in [-0.25, -0.2) is 0 Å². The maximum absolute atomic E-state index is 4.80. The molecule has 2 unspecified atom stereocenters. The number of hydrogen-bond acceptors (Lipinski definition) is 1. The molecule has 0 spiro atoms. The first-order chi connectivity index (χ1) is 18.3. The molecular formula is C36H27N. The van der Waals surface area contributed by atoms with Crippen molar-refractivity contribution in [2.75, 3.05) is 0 Å². The van der Waals surface area contributed by atoms with Crippen LogP contribution in [0.5, 0.6) is 0 Å². The van der Waals surface area contributed by atoms with Crippen molar-refractivity contribution < 1.29 is 0 Å². The van der Waals surface area contributed by atoms with Gasteiger partial charge in [0.1, 0.15) is 0 Å². The second-order valence-corrected chi connectivity index (χ2v) is 9.97. The molecule has 0 radical (unpaired) electrons. The molecule has 0 bridgehead atoms. The molecule has 0 N–H and O–H groups in total. The molecule has 2 atom stereocenters. The second-order valence-electron chi connectivity index (χ2n) is 9.97. The first kappa shape index (κ1) is 21.8. The van der Waals surface area contributed by atoms with Crippen LogP contribution in [0.2, 0.25) is 0 Å². The van der Waals surface area contributed by atoms with Crippen molar-refractivity contribution in [3.8, 4) is 11.3 Å². The highest BCUT2D eigenvalue weighted by Gasteiger charge is 2.32. The van der Waals surface area contributed by atoms with E-state index >= 15 is 0 Å². The predicted molar refractivity (Wildman–Crippen MR) is 154 cm³/mol. The van der Waals surface area contributed by atoms with Gasteiger partial charge in [-0.2, -0.15) is 0 Å². The lowest BCUT2D eigenvalue weighted by Gasteiger charge is -2.33. The van der Waals surface area contributed by atoms with Crippen LogP contribution in [0.3, 0.4) is 0 Å². The van der Waals surface area contributed by atoms with Gasteiger partial charge in [-0.1, -0.05) is 115 Å². The summed E-state index contributed by atoms with van der Waals surface area (Å²) < 4.78 is 0. The zero-order chi connectivity index (χ0) is 24.8. The molecule has 0 amide bonds. The van der Waals surface area contributed by atoms with E-state index in [-0.39, 0.29) is 11.8 Å². The van der Waals surface area contributed by atoms with E-state index in [1.807, 2.05) is 13.0 Å². The number of allylic oxidation sites excluding steroid dienone is 4. The molecule has 0 saturated carbocycles. The van der Waals surface area contributed by atoms with Crippen molar-refractivity contribution in [1.29, 1.82) is 0 Å². The summed E-state index contributed by atoms with van der Waals surface area (Å²) in [5, 5.41) is 5.24. The lowest BCUT2D eigenvalue weighted by Crippen LogP contribution is -2.40. The van der Waals surface area contributed by atoms with Crippen LogP contribution in [0, 0.1) is 18.8 Å². The van der Waals surface area contributed by atoms with E-state index in [0.717, 1.165) is 17.0 Å². The SMILES string of the molecule is Cc1cccc(-c2cccc(C3=c4ccccc4=C(c4cccc5ccccc45)C4C=CC=CC34)c2)n1. The lowest BCUT2D eigenvalue weighted by molar-refractivity contribution is 0.687. The summed E-state index contributed by atoms with van der Waals surface area (Å²) in [5.74, 6) is 0.524. The lowest BCUT2D eigenvalue weighted by atomic mass is 9.69. The maximum Gasteiger partial charge on any atom is 0.0705 e. The summed E-state index contributed by atoms with van der Waals surface area (Å²) in [6.07, 6.45) is 9.20. The van der Waals surface area contributed by atoms with Crippen LogP contribution in [0.25, 0.3) is 33.2 Å². The zero-order valence-corrected chi connectivity index (χ0v) is 20.8. The minimum Gasteiger partial charge on any atom is -0.253 e. The molecule has 2 aliphatic rings. The summed E-state index contributed by atoms with van der Waals surface area (Å²) in [6, 6.07) is 39.6. The number of benzene rings is 4. The van der Waals surface area contributed by atoms with Crippen molar-refractivity contribution in [3.05, 3.63) is 161 Å². The largest absolute Gasteiger partial charge is 0.253 e. The van der Waals surface area contributed by atoms with Gasteiger partial charge in [-0.15, -0.1) is 0 Å². The number of aromatic nitrogens is 1. The first-order valence-electron chi connectivity index (χ1n) is 13.0. The molecule has 7 rings (SSSR count). The van der Waals surface area contributed by atoms with E-state index in [1.165, 1.54) is 43.5 Å². The average molecular weight is 474 g/mol. The van der Waals surface area contributed by atoms with Gasteiger partial charge in [0.2, 0.25) is 0 Å². The highest BCUT2D eigenvalue weighted by Crippen LogP contribution is 2.42.